The van der Waals surface area contributed by atoms with Crippen molar-refractivity contribution in [3.05, 3.63) is 48.3 Å². The van der Waals surface area contributed by atoms with Gasteiger partial charge in [0.25, 0.3) is 5.91 Å². The second kappa shape index (κ2) is 10.5. The molecular formula is C23H27N7O2S. The molecule has 1 amide bonds. The molecule has 172 valence electrons. The standard InChI is InChI=1S/C23H27N7O2S/c1-4-33-23-27-20(25-13-15(2)3)17-14-26-30(21(17)28-23)11-10-24-22(31)18-12-19(32-29-18)16-8-6-5-7-9-16/h5-9,12,14-15H,4,10-11,13H2,1-3H3,(H,24,31)(H,25,27,28). The van der Waals surface area contributed by atoms with Crippen LogP contribution in [-0.2, 0) is 6.54 Å². The number of fused-ring (bicyclic) bond motifs is 1. The Morgan fingerprint density at radius 1 is 1.21 bits per heavy atom. The highest BCUT2D eigenvalue weighted by Gasteiger charge is 2.16. The summed E-state index contributed by atoms with van der Waals surface area (Å²) in [7, 11) is 0. The number of rotatable bonds is 10. The average molecular weight is 466 g/mol. The molecule has 1 aromatic carbocycles. The predicted octanol–water partition coefficient (Wildman–Crippen LogP) is 4.09. The van der Waals surface area contributed by atoms with Crippen LogP contribution in [0.4, 0.5) is 5.82 Å². The largest absolute Gasteiger partial charge is 0.369 e. The zero-order valence-corrected chi connectivity index (χ0v) is 19.7. The van der Waals surface area contributed by atoms with Crippen molar-refractivity contribution in [2.75, 3.05) is 24.2 Å². The SMILES string of the molecule is CCSc1nc(NCC(C)C)c2cnn(CCNC(=O)c3cc(-c4ccccc4)on3)c2n1. The second-order valence-electron chi connectivity index (χ2n) is 7.87. The molecule has 9 nitrogen and oxygen atoms in total. The van der Waals surface area contributed by atoms with Crippen LogP contribution in [0.1, 0.15) is 31.3 Å². The van der Waals surface area contributed by atoms with Gasteiger partial charge in [-0.2, -0.15) is 5.10 Å². The van der Waals surface area contributed by atoms with Gasteiger partial charge in [-0.1, -0.05) is 68.0 Å². The molecule has 0 radical (unpaired) electrons. The first kappa shape index (κ1) is 22.8. The molecular weight excluding hydrogens is 438 g/mol. The predicted molar refractivity (Wildman–Crippen MR) is 129 cm³/mol. The molecule has 4 aromatic rings. The molecule has 0 bridgehead atoms. The monoisotopic (exact) mass is 465 g/mol. The Morgan fingerprint density at radius 3 is 2.79 bits per heavy atom. The van der Waals surface area contributed by atoms with Gasteiger partial charge in [-0.25, -0.2) is 14.6 Å². The lowest BCUT2D eigenvalue weighted by atomic mass is 10.1. The molecule has 0 saturated carbocycles. The van der Waals surface area contributed by atoms with Crippen molar-refractivity contribution in [3.8, 4) is 11.3 Å². The number of hydrogen-bond acceptors (Lipinski definition) is 8. The van der Waals surface area contributed by atoms with Crippen LogP contribution in [0.5, 0.6) is 0 Å². The van der Waals surface area contributed by atoms with E-state index >= 15 is 0 Å². The number of carbonyl (C=O) groups is 1. The van der Waals surface area contributed by atoms with Crippen LogP contribution < -0.4 is 10.6 Å². The minimum Gasteiger partial charge on any atom is -0.369 e. The summed E-state index contributed by atoms with van der Waals surface area (Å²) < 4.78 is 7.10. The summed E-state index contributed by atoms with van der Waals surface area (Å²) in [6, 6.07) is 11.2. The first-order valence-corrected chi connectivity index (χ1v) is 11.9. The van der Waals surface area contributed by atoms with Crippen LogP contribution in [0.15, 0.2) is 52.3 Å². The molecule has 3 heterocycles. The van der Waals surface area contributed by atoms with Crippen LogP contribution in [0.2, 0.25) is 0 Å². The first-order valence-electron chi connectivity index (χ1n) is 11.0. The summed E-state index contributed by atoms with van der Waals surface area (Å²) in [6.07, 6.45) is 1.77. The normalized spacial score (nSPS) is 11.3. The van der Waals surface area contributed by atoms with E-state index in [2.05, 4.69) is 51.6 Å². The molecule has 0 unspecified atom stereocenters. The number of nitrogens with zero attached hydrogens (tertiary/aromatic N) is 5. The average Bonchev–Trinajstić information content (AvgIpc) is 3.46. The summed E-state index contributed by atoms with van der Waals surface area (Å²) >= 11 is 1.59. The fourth-order valence-electron chi connectivity index (χ4n) is 3.21. The Kier molecular flexibility index (Phi) is 7.23. The van der Waals surface area contributed by atoms with Crippen LogP contribution in [-0.4, -0.2) is 49.7 Å². The summed E-state index contributed by atoms with van der Waals surface area (Å²) in [6.45, 7) is 8.02. The number of hydrogen-bond donors (Lipinski definition) is 2. The van der Waals surface area contributed by atoms with Crippen molar-refractivity contribution < 1.29 is 9.32 Å². The van der Waals surface area contributed by atoms with E-state index in [4.69, 9.17) is 4.52 Å². The quantitative estimate of drug-likeness (QED) is 0.266. The Hall–Kier alpha value is -3.40. The van der Waals surface area contributed by atoms with Gasteiger partial charge in [0.15, 0.2) is 22.3 Å². The highest BCUT2D eigenvalue weighted by molar-refractivity contribution is 7.99. The lowest BCUT2D eigenvalue weighted by Crippen LogP contribution is -2.27. The molecule has 0 saturated heterocycles. The molecule has 33 heavy (non-hydrogen) atoms. The van der Waals surface area contributed by atoms with Crippen molar-refractivity contribution in [2.24, 2.45) is 5.92 Å². The maximum absolute atomic E-state index is 12.5. The van der Waals surface area contributed by atoms with E-state index < -0.39 is 0 Å². The number of aromatic nitrogens is 5. The fraction of sp³-hybridized carbons (Fsp3) is 0.348. The van der Waals surface area contributed by atoms with Crippen LogP contribution in [0.25, 0.3) is 22.4 Å². The van der Waals surface area contributed by atoms with E-state index in [9.17, 15) is 4.79 Å². The van der Waals surface area contributed by atoms with Gasteiger partial charge in [-0.3, -0.25) is 4.79 Å². The van der Waals surface area contributed by atoms with Gasteiger partial charge in [-0.05, 0) is 11.7 Å². The molecule has 2 N–H and O–H groups in total. The summed E-state index contributed by atoms with van der Waals surface area (Å²) in [4.78, 5) is 21.8. The van der Waals surface area contributed by atoms with E-state index in [1.807, 2.05) is 30.3 Å². The number of benzene rings is 1. The molecule has 0 fully saturated rings. The fourth-order valence-corrected chi connectivity index (χ4v) is 3.78. The summed E-state index contributed by atoms with van der Waals surface area (Å²) in [5.74, 6) is 2.41. The maximum atomic E-state index is 12.5. The van der Waals surface area contributed by atoms with E-state index in [0.29, 0.717) is 29.9 Å². The van der Waals surface area contributed by atoms with Crippen LogP contribution in [0.3, 0.4) is 0 Å². The third kappa shape index (κ3) is 5.51. The minimum atomic E-state index is -0.298. The van der Waals surface area contributed by atoms with Crippen molar-refractivity contribution in [2.45, 2.75) is 32.5 Å². The van der Waals surface area contributed by atoms with E-state index in [1.165, 1.54) is 0 Å². The van der Waals surface area contributed by atoms with E-state index in [-0.39, 0.29) is 11.6 Å². The van der Waals surface area contributed by atoms with Gasteiger partial charge in [0.1, 0.15) is 5.82 Å². The number of amides is 1. The zero-order chi connectivity index (χ0) is 23.2. The molecule has 0 aliphatic rings. The highest BCUT2D eigenvalue weighted by atomic mass is 32.2. The third-order valence-corrected chi connectivity index (χ3v) is 5.57. The van der Waals surface area contributed by atoms with Gasteiger partial charge >= 0.3 is 0 Å². The number of anilines is 1. The Balaban J connectivity index is 1.44. The van der Waals surface area contributed by atoms with Crippen LogP contribution >= 0.6 is 11.8 Å². The van der Waals surface area contributed by atoms with E-state index in [0.717, 1.165) is 34.7 Å². The Labute approximate surface area is 196 Å². The molecule has 4 rings (SSSR count). The van der Waals surface area contributed by atoms with Crippen molar-refractivity contribution in [1.82, 2.24) is 30.2 Å². The lowest BCUT2D eigenvalue weighted by molar-refractivity contribution is 0.0943. The lowest BCUT2D eigenvalue weighted by Gasteiger charge is -2.11. The highest BCUT2D eigenvalue weighted by Crippen LogP contribution is 2.24. The number of nitrogens with one attached hydrogen (secondary N) is 2. The number of thioether (sulfide) groups is 1. The second-order valence-corrected chi connectivity index (χ2v) is 9.10. The van der Waals surface area contributed by atoms with Gasteiger partial charge in [0, 0.05) is 24.7 Å². The first-order chi connectivity index (χ1) is 16.0. The maximum Gasteiger partial charge on any atom is 0.273 e. The minimum absolute atomic E-state index is 0.239. The Morgan fingerprint density at radius 2 is 2.03 bits per heavy atom. The van der Waals surface area contributed by atoms with Crippen molar-refractivity contribution >= 4 is 34.5 Å². The van der Waals surface area contributed by atoms with Gasteiger partial charge in [-0.15, -0.1) is 0 Å². The smallest absolute Gasteiger partial charge is 0.273 e. The van der Waals surface area contributed by atoms with Crippen molar-refractivity contribution in [1.29, 1.82) is 0 Å². The van der Waals surface area contributed by atoms with E-state index in [1.54, 1.807) is 28.7 Å². The summed E-state index contributed by atoms with van der Waals surface area (Å²) in [5, 5.41) is 16.2. The molecule has 10 heteroatoms. The van der Waals surface area contributed by atoms with Gasteiger partial charge < -0.3 is 15.2 Å². The van der Waals surface area contributed by atoms with Crippen molar-refractivity contribution in [3.63, 3.8) is 0 Å². The van der Waals surface area contributed by atoms with Gasteiger partial charge in [0.2, 0.25) is 0 Å². The molecule has 0 atom stereocenters. The molecule has 0 aliphatic carbocycles. The van der Waals surface area contributed by atoms with Gasteiger partial charge in [0.05, 0.1) is 18.1 Å². The van der Waals surface area contributed by atoms with Crippen LogP contribution in [0, 0.1) is 5.92 Å². The summed E-state index contributed by atoms with van der Waals surface area (Å²) in [5.41, 5.74) is 1.85. The molecule has 0 spiro atoms. The number of carbonyl (C=O) groups excluding carboxylic acids is 1. The zero-order valence-electron chi connectivity index (χ0n) is 18.9. The third-order valence-electron chi connectivity index (χ3n) is 4.84. The molecule has 3 aromatic heterocycles. The topological polar surface area (TPSA) is 111 Å². The Bertz CT molecular complexity index is 1220. The molecule has 0 aliphatic heterocycles.